The van der Waals surface area contributed by atoms with E-state index >= 15 is 0 Å². The summed E-state index contributed by atoms with van der Waals surface area (Å²) < 4.78 is 7.08. The van der Waals surface area contributed by atoms with E-state index in [1.54, 1.807) is 17.6 Å². The Bertz CT molecular complexity index is 766. The van der Waals surface area contributed by atoms with E-state index in [1.165, 1.54) is 29.8 Å². The number of hydrogen-bond donors (Lipinski definition) is 0. The third-order valence-corrected chi connectivity index (χ3v) is 5.34. The fraction of sp³-hybridized carbons (Fsp3) is 0.375. The fourth-order valence-corrected chi connectivity index (χ4v) is 3.94. The molecule has 21 heavy (non-hydrogen) atoms. The van der Waals surface area contributed by atoms with Crippen LogP contribution in [0, 0.1) is 13.8 Å². The summed E-state index contributed by atoms with van der Waals surface area (Å²) in [7, 11) is 0. The Morgan fingerprint density at radius 3 is 2.86 bits per heavy atom. The summed E-state index contributed by atoms with van der Waals surface area (Å²) in [5, 5.41) is 7.52. The van der Waals surface area contributed by atoms with Gasteiger partial charge in [0.05, 0.1) is 10.7 Å². The smallest absolute Gasteiger partial charge is 0.180 e. The SMILES string of the molecule is Cc1cc(-c2csc(C3CCC3)n2)c(C)n1-c1ccon1. The molecule has 0 atom stereocenters. The minimum Gasteiger partial charge on any atom is -0.363 e. The van der Waals surface area contributed by atoms with Gasteiger partial charge in [0.1, 0.15) is 6.26 Å². The standard InChI is InChI=1S/C16H17N3OS/c1-10-8-13(11(2)19(10)15-6-7-20-18-15)14-9-21-16(17-14)12-4-3-5-12/h6-9,12H,3-5H2,1-2H3. The lowest BCUT2D eigenvalue weighted by atomic mass is 9.86. The zero-order chi connectivity index (χ0) is 14.4. The van der Waals surface area contributed by atoms with Crippen LogP contribution in [-0.4, -0.2) is 14.7 Å². The van der Waals surface area contributed by atoms with E-state index < -0.39 is 0 Å². The van der Waals surface area contributed by atoms with Gasteiger partial charge in [-0.05, 0) is 32.8 Å². The van der Waals surface area contributed by atoms with Crippen molar-refractivity contribution in [1.82, 2.24) is 14.7 Å². The van der Waals surface area contributed by atoms with E-state index in [4.69, 9.17) is 9.51 Å². The van der Waals surface area contributed by atoms with Crippen LogP contribution >= 0.6 is 11.3 Å². The molecule has 3 aromatic rings. The normalized spacial score (nSPS) is 15.3. The monoisotopic (exact) mass is 299 g/mol. The Morgan fingerprint density at radius 1 is 1.33 bits per heavy atom. The van der Waals surface area contributed by atoms with Gasteiger partial charge in [0, 0.05) is 34.3 Å². The van der Waals surface area contributed by atoms with E-state index in [1.807, 2.05) is 6.07 Å². The Balaban J connectivity index is 1.75. The maximum absolute atomic E-state index is 4.97. The van der Waals surface area contributed by atoms with Crippen LogP contribution in [0.1, 0.15) is 41.6 Å². The number of hydrogen-bond acceptors (Lipinski definition) is 4. The van der Waals surface area contributed by atoms with Gasteiger partial charge in [0.15, 0.2) is 5.82 Å². The van der Waals surface area contributed by atoms with Gasteiger partial charge in [-0.3, -0.25) is 4.57 Å². The molecule has 1 fully saturated rings. The molecule has 5 heteroatoms. The Morgan fingerprint density at radius 2 is 2.19 bits per heavy atom. The van der Waals surface area contributed by atoms with Crippen LogP contribution < -0.4 is 0 Å². The van der Waals surface area contributed by atoms with Gasteiger partial charge in [0.2, 0.25) is 0 Å². The van der Waals surface area contributed by atoms with Gasteiger partial charge in [-0.2, -0.15) is 0 Å². The summed E-state index contributed by atoms with van der Waals surface area (Å²) in [5.74, 6) is 1.52. The minimum absolute atomic E-state index is 0.697. The first-order valence-corrected chi connectivity index (χ1v) is 8.17. The zero-order valence-electron chi connectivity index (χ0n) is 12.2. The molecule has 1 aliphatic rings. The van der Waals surface area contributed by atoms with Crippen LogP contribution in [0.25, 0.3) is 17.1 Å². The van der Waals surface area contributed by atoms with Crippen molar-refractivity contribution < 1.29 is 4.52 Å². The lowest BCUT2D eigenvalue weighted by Crippen LogP contribution is -2.07. The molecule has 4 rings (SSSR count). The molecule has 3 heterocycles. The van der Waals surface area contributed by atoms with Crippen molar-refractivity contribution in [1.29, 1.82) is 0 Å². The predicted molar refractivity (Wildman–Crippen MR) is 83.0 cm³/mol. The highest BCUT2D eigenvalue weighted by molar-refractivity contribution is 7.10. The second-order valence-corrected chi connectivity index (χ2v) is 6.57. The molecule has 0 N–H and O–H groups in total. The molecule has 0 aliphatic heterocycles. The first-order chi connectivity index (χ1) is 10.2. The third kappa shape index (κ3) is 2.03. The highest BCUT2D eigenvalue weighted by Gasteiger charge is 2.23. The summed E-state index contributed by atoms with van der Waals surface area (Å²) in [6.45, 7) is 4.20. The maximum Gasteiger partial charge on any atom is 0.180 e. The molecule has 0 radical (unpaired) electrons. The number of aryl methyl sites for hydroxylation is 1. The predicted octanol–water partition coefficient (Wildman–Crippen LogP) is 4.47. The van der Waals surface area contributed by atoms with E-state index in [0.29, 0.717) is 5.92 Å². The topological polar surface area (TPSA) is 43.9 Å². The molecule has 4 nitrogen and oxygen atoms in total. The Kier molecular flexibility index (Phi) is 2.96. The van der Waals surface area contributed by atoms with Gasteiger partial charge < -0.3 is 4.52 Å². The van der Waals surface area contributed by atoms with Crippen LogP contribution in [-0.2, 0) is 0 Å². The average Bonchev–Trinajstić information content (AvgIpc) is 3.08. The molecule has 0 spiro atoms. The van der Waals surface area contributed by atoms with Crippen LogP contribution in [0.5, 0.6) is 0 Å². The molecule has 0 bridgehead atoms. The molecule has 0 amide bonds. The quantitative estimate of drug-likeness (QED) is 0.716. The summed E-state index contributed by atoms with van der Waals surface area (Å²) >= 11 is 1.80. The highest BCUT2D eigenvalue weighted by Crippen LogP contribution is 2.39. The number of thiazole rings is 1. The van der Waals surface area contributed by atoms with E-state index in [-0.39, 0.29) is 0 Å². The first-order valence-electron chi connectivity index (χ1n) is 7.29. The second-order valence-electron chi connectivity index (χ2n) is 5.68. The van der Waals surface area contributed by atoms with Crippen LogP contribution in [0.15, 0.2) is 28.3 Å². The molecule has 1 aliphatic carbocycles. The molecule has 108 valence electrons. The number of nitrogens with zero attached hydrogens (tertiary/aromatic N) is 3. The van der Waals surface area contributed by atoms with Crippen molar-refractivity contribution in [3.63, 3.8) is 0 Å². The zero-order valence-corrected chi connectivity index (χ0v) is 13.0. The van der Waals surface area contributed by atoms with Crippen molar-refractivity contribution in [2.45, 2.75) is 39.0 Å². The maximum atomic E-state index is 4.97. The van der Waals surface area contributed by atoms with Crippen LogP contribution in [0.3, 0.4) is 0 Å². The van der Waals surface area contributed by atoms with Crippen molar-refractivity contribution in [2.75, 3.05) is 0 Å². The van der Waals surface area contributed by atoms with Crippen molar-refractivity contribution in [2.24, 2.45) is 0 Å². The van der Waals surface area contributed by atoms with Gasteiger partial charge in [-0.15, -0.1) is 11.3 Å². The summed E-state index contributed by atoms with van der Waals surface area (Å²) in [6, 6.07) is 4.06. The number of aromatic nitrogens is 3. The molecule has 0 aromatic carbocycles. The van der Waals surface area contributed by atoms with Gasteiger partial charge in [-0.1, -0.05) is 11.6 Å². The Labute approximate surface area is 127 Å². The van der Waals surface area contributed by atoms with Crippen molar-refractivity contribution in [3.05, 3.63) is 40.2 Å². The van der Waals surface area contributed by atoms with Gasteiger partial charge in [-0.25, -0.2) is 4.98 Å². The largest absolute Gasteiger partial charge is 0.363 e. The lowest BCUT2D eigenvalue weighted by Gasteiger charge is -2.22. The summed E-state index contributed by atoms with van der Waals surface area (Å²) in [5.41, 5.74) is 4.59. The lowest BCUT2D eigenvalue weighted by molar-refractivity contribution is 0.416. The molecular weight excluding hydrogens is 282 g/mol. The van der Waals surface area contributed by atoms with Crippen molar-refractivity contribution in [3.8, 4) is 17.1 Å². The van der Waals surface area contributed by atoms with Gasteiger partial charge in [0.25, 0.3) is 0 Å². The van der Waals surface area contributed by atoms with Crippen molar-refractivity contribution >= 4 is 11.3 Å². The average molecular weight is 299 g/mol. The highest BCUT2D eigenvalue weighted by atomic mass is 32.1. The fourth-order valence-electron chi connectivity index (χ4n) is 2.95. The Hall–Kier alpha value is -1.88. The minimum atomic E-state index is 0.697. The molecule has 0 unspecified atom stereocenters. The second kappa shape index (κ2) is 4.84. The summed E-state index contributed by atoms with van der Waals surface area (Å²) in [6.07, 6.45) is 5.54. The third-order valence-electron chi connectivity index (χ3n) is 4.34. The molecule has 0 saturated heterocycles. The van der Waals surface area contributed by atoms with Crippen LogP contribution in [0.4, 0.5) is 0 Å². The van der Waals surface area contributed by atoms with E-state index in [9.17, 15) is 0 Å². The summed E-state index contributed by atoms with van der Waals surface area (Å²) in [4.78, 5) is 4.86. The number of rotatable bonds is 3. The van der Waals surface area contributed by atoms with Gasteiger partial charge >= 0.3 is 0 Å². The first kappa shape index (κ1) is 12.8. The molecule has 1 saturated carbocycles. The van der Waals surface area contributed by atoms with E-state index in [2.05, 4.69) is 35.0 Å². The van der Waals surface area contributed by atoms with Crippen LogP contribution in [0.2, 0.25) is 0 Å². The van der Waals surface area contributed by atoms with E-state index in [0.717, 1.165) is 22.9 Å². The molecular formula is C16H17N3OS. The molecule has 3 aromatic heterocycles.